The van der Waals surface area contributed by atoms with Crippen LogP contribution in [0.3, 0.4) is 0 Å². The van der Waals surface area contributed by atoms with E-state index in [1.807, 2.05) is 0 Å². The molecule has 0 radical (unpaired) electrons. The van der Waals surface area contributed by atoms with Crippen LogP contribution in [0.4, 0.5) is 0 Å². The molecule has 0 aromatic heterocycles. The SMILES string of the molecule is CC#CC#CC#CC#CC(=O)OC[C@H](COP(=O)(O)OC1C(O)[C@H](OP(=O)(O)O)[C@H](O)C(O)[C@@H]1O)OC(=O)CCCCCCCCCCCCCCC.S.[HH].[HH].[HH].[HH].[HH].[HH].[HH]. The monoisotopic (exact) mass is 838 g/mol. The summed E-state index contributed by atoms with van der Waals surface area (Å²) >= 11 is 0. The van der Waals surface area contributed by atoms with Crippen molar-refractivity contribution in [1.29, 1.82) is 0 Å². The third kappa shape index (κ3) is 23.5. The lowest BCUT2D eigenvalue weighted by Crippen LogP contribution is -2.64. The van der Waals surface area contributed by atoms with E-state index in [2.05, 4.69) is 58.8 Å². The Balaban J connectivity index is -0.000000585. The van der Waals surface area contributed by atoms with Gasteiger partial charge in [-0.3, -0.25) is 18.4 Å². The van der Waals surface area contributed by atoms with Crippen molar-refractivity contribution in [1.82, 2.24) is 0 Å². The highest BCUT2D eigenvalue weighted by Gasteiger charge is 2.54. The van der Waals surface area contributed by atoms with Crippen LogP contribution in [0, 0.1) is 47.4 Å². The lowest BCUT2D eigenvalue weighted by molar-refractivity contribution is -0.216. The van der Waals surface area contributed by atoms with E-state index in [1.54, 1.807) is 6.92 Å². The van der Waals surface area contributed by atoms with Gasteiger partial charge in [-0.2, -0.15) is 13.5 Å². The van der Waals surface area contributed by atoms with Gasteiger partial charge in [-0.15, -0.1) is 0 Å². The van der Waals surface area contributed by atoms with Gasteiger partial charge in [-0.05, 0) is 48.9 Å². The molecule has 54 heavy (non-hydrogen) atoms. The molecular weight excluding hydrogens is 770 g/mol. The number of esters is 2. The fourth-order valence-electron chi connectivity index (χ4n) is 5.07. The number of carbonyl (C=O) groups is 2. The molecule has 1 fully saturated rings. The molecule has 0 aliphatic heterocycles. The Kier molecular flexibility index (Phi) is 27.6. The zero-order valence-corrected chi connectivity index (χ0v) is 33.3. The molecule has 0 heterocycles. The van der Waals surface area contributed by atoms with Crippen molar-refractivity contribution in [3.63, 3.8) is 0 Å². The molecular formula is C35H68O16P2S. The van der Waals surface area contributed by atoms with Crippen molar-refractivity contribution in [2.75, 3.05) is 13.2 Å². The zero-order chi connectivity index (χ0) is 39.7. The molecule has 19 heteroatoms. The molecule has 320 valence electrons. The summed E-state index contributed by atoms with van der Waals surface area (Å²) in [6.07, 6.45) is -0.866. The second-order valence-electron chi connectivity index (χ2n) is 12.2. The van der Waals surface area contributed by atoms with Crippen molar-refractivity contribution in [2.45, 2.75) is 146 Å². The molecule has 0 aromatic rings. The van der Waals surface area contributed by atoms with Crippen LogP contribution >= 0.6 is 29.1 Å². The van der Waals surface area contributed by atoms with Crippen molar-refractivity contribution < 1.29 is 86.9 Å². The summed E-state index contributed by atoms with van der Waals surface area (Å²) in [4.78, 5) is 53.2. The van der Waals surface area contributed by atoms with E-state index in [-0.39, 0.29) is 29.9 Å². The predicted octanol–water partition coefficient (Wildman–Crippen LogP) is 4.23. The quantitative estimate of drug-likeness (QED) is 0.0236. The summed E-state index contributed by atoms with van der Waals surface area (Å²) in [5.74, 6) is 16.9. The Bertz CT molecular complexity index is 1510. The second kappa shape index (κ2) is 28.9. The van der Waals surface area contributed by atoms with Crippen LogP contribution in [-0.2, 0) is 41.8 Å². The molecule has 0 aromatic carbocycles. The Hall–Kier alpha value is -2.41. The molecule has 0 bridgehead atoms. The van der Waals surface area contributed by atoms with Crippen molar-refractivity contribution in [2.24, 2.45) is 0 Å². The summed E-state index contributed by atoms with van der Waals surface area (Å²) in [7, 11) is -10.7. The van der Waals surface area contributed by atoms with E-state index in [1.165, 1.54) is 44.9 Å². The minimum Gasteiger partial charge on any atom is -0.456 e. The summed E-state index contributed by atoms with van der Waals surface area (Å²) in [5.41, 5.74) is 0. The molecule has 8 atom stereocenters. The number of phosphoric ester groups is 2. The van der Waals surface area contributed by atoms with Crippen LogP contribution in [0.2, 0.25) is 0 Å². The lowest BCUT2D eigenvalue weighted by atomic mass is 9.85. The van der Waals surface area contributed by atoms with Gasteiger partial charge in [0, 0.05) is 22.3 Å². The number of aliphatic hydroxyl groups excluding tert-OH is 4. The second-order valence-corrected chi connectivity index (χ2v) is 14.8. The van der Waals surface area contributed by atoms with Crippen LogP contribution in [0.25, 0.3) is 0 Å². The highest BCUT2D eigenvalue weighted by molar-refractivity contribution is 7.59. The van der Waals surface area contributed by atoms with Gasteiger partial charge in [0.15, 0.2) is 6.10 Å². The average Bonchev–Trinajstić information content (AvgIpc) is 3.10. The molecule has 1 rings (SSSR count). The van der Waals surface area contributed by atoms with Gasteiger partial charge in [0.05, 0.1) is 6.61 Å². The number of hydrogen-bond donors (Lipinski definition) is 7. The molecule has 1 aliphatic carbocycles. The van der Waals surface area contributed by atoms with Gasteiger partial charge >= 0.3 is 27.6 Å². The number of phosphoric acid groups is 2. The van der Waals surface area contributed by atoms with Crippen LogP contribution in [0.15, 0.2) is 0 Å². The van der Waals surface area contributed by atoms with Gasteiger partial charge in [-0.1, -0.05) is 89.9 Å². The summed E-state index contributed by atoms with van der Waals surface area (Å²) in [5, 5.41) is 40.8. The summed E-state index contributed by atoms with van der Waals surface area (Å²) < 4.78 is 48.3. The van der Waals surface area contributed by atoms with Crippen LogP contribution in [-0.4, -0.2) is 103 Å². The topological polar surface area (TPSA) is 256 Å². The average molecular weight is 839 g/mol. The standard InChI is InChI=1S/C35H52O16P2.H2S.7H2/c1-3-5-7-9-11-12-13-14-15-16-18-20-22-24-29(37)49-27(25-47-28(36)23-21-19-17-10-8-6-4-2)26-48-53(45,46)51-35-32(40)30(38)31(39)34(33(35)41)50-52(42,43)44;;;;;;;;/h27,30-35,38-41H,3,5,7,9,11-16,18,20,22,24-26H2,1-2H3,(H,45,46)(H2,42,43,44);1H2;7*1H/t27-,30?,31-,32+,33?,34-,35?;;;;;;;;/m1......../s1. The van der Waals surface area contributed by atoms with E-state index in [0.717, 1.165) is 32.1 Å². The number of carbonyl (C=O) groups excluding carboxylic acids is 2. The maximum absolute atomic E-state index is 12.8. The molecule has 1 saturated carbocycles. The van der Waals surface area contributed by atoms with Gasteiger partial charge in [0.2, 0.25) is 0 Å². The zero-order valence-electron chi connectivity index (χ0n) is 30.6. The molecule has 7 N–H and O–H groups in total. The van der Waals surface area contributed by atoms with E-state index in [0.29, 0.717) is 6.42 Å². The van der Waals surface area contributed by atoms with Crippen LogP contribution in [0.1, 0.15) is 114 Å². The van der Waals surface area contributed by atoms with E-state index < -0.39 is 83.5 Å². The largest absolute Gasteiger partial charge is 0.472 e. The molecule has 4 unspecified atom stereocenters. The van der Waals surface area contributed by atoms with Crippen LogP contribution in [0.5, 0.6) is 0 Å². The molecule has 1 aliphatic rings. The third-order valence-electron chi connectivity index (χ3n) is 7.77. The smallest absolute Gasteiger partial charge is 0.456 e. The predicted molar refractivity (Wildman–Crippen MR) is 215 cm³/mol. The maximum atomic E-state index is 12.8. The number of unbranched alkanes of at least 4 members (excludes halogenated alkanes) is 12. The number of aliphatic hydroxyl groups is 4. The van der Waals surface area contributed by atoms with Gasteiger partial charge in [-0.25, -0.2) is 13.9 Å². The van der Waals surface area contributed by atoms with E-state index in [4.69, 9.17) is 28.3 Å². The minimum absolute atomic E-state index is 0. The van der Waals surface area contributed by atoms with Gasteiger partial charge < -0.3 is 44.6 Å². The van der Waals surface area contributed by atoms with E-state index in [9.17, 15) is 44.0 Å². The molecule has 16 nitrogen and oxygen atoms in total. The first-order valence-electron chi connectivity index (χ1n) is 17.5. The Morgan fingerprint density at radius 3 is 1.67 bits per heavy atom. The molecule has 0 saturated heterocycles. The van der Waals surface area contributed by atoms with Crippen LogP contribution < -0.4 is 0 Å². The first-order valence-corrected chi connectivity index (χ1v) is 20.5. The third-order valence-corrected chi connectivity index (χ3v) is 9.27. The van der Waals surface area contributed by atoms with Crippen molar-refractivity contribution in [3.05, 3.63) is 0 Å². The van der Waals surface area contributed by atoms with Gasteiger partial charge in [0.25, 0.3) is 0 Å². The Morgan fingerprint density at radius 1 is 0.667 bits per heavy atom. The first kappa shape index (κ1) is 51.6. The number of rotatable bonds is 24. The van der Waals surface area contributed by atoms with Gasteiger partial charge in [0.1, 0.15) is 43.2 Å². The lowest BCUT2D eigenvalue weighted by Gasteiger charge is -2.43. The molecule has 0 spiro atoms. The Labute approximate surface area is 334 Å². The normalized spacial score (nSPS) is 22.1. The summed E-state index contributed by atoms with van der Waals surface area (Å²) in [6, 6.07) is 0. The number of ether oxygens (including phenoxy) is 2. The van der Waals surface area contributed by atoms with E-state index >= 15 is 0 Å². The Morgan fingerprint density at radius 2 is 1.15 bits per heavy atom. The highest BCUT2D eigenvalue weighted by atomic mass is 32.1. The highest BCUT2D eigenvalue weighted by Crippen LogP contribution is 2.49. The fraction of sp³-hybridized carbons (Fsp3) is 0.714. The minimum atomic E-state index is -5.38. The van der Waals surface area contributed by atoms with Crippen molar-refractivity contribution in [3.8, 4) is 47.4 Å². The first-order chi connectivity index (χ1) is 25.1. The fourth-order valence-corrected chi connectivity index (χ4v) is 6.61. The summed E-state index contributed by atoms with van der Waals surface area (Å²) in [6.45, 7) is 2.15. The number of hydrogen-bond acceptors (Lipinski definition) is 13. The molecule has 0 amide bonds. The van der Waals surface area contributed by atoms with Crippen molar-refractivity contribution >= 4 is 41.1 Å². The maximum Gasteiger partial charge on any atom is 0.472 e.